The van der Waals surface area contributed by atoms with Crippen molar-refractivity contribution in [2.24, 2.45) is 0 Å². The number of hydrogen-bond acceptors (Lipinski definition) is 2. The van der Waals surface area contributed by atoms with Gasteiger partial charge in [0.25, 0.3) is 0 Å². The van der Waals surface area contributed by atoms with Gasteiger partial charge in [-0.15, -0.1) is 0 Å². The summed E-state index contributed by atoms with van der Waals surface area (Å²) in [6.07, 6.45) is 0.962. The van der Waals surface area contributed by atoms with E-state index in [1.54, 1.807) is 6.19 Å². The average molecular weight is 316 g/mol. The van der Waals surface area contributed by atoms with Crippen molar-refractivity contribution in [1.82, 2.24) is 4.90 Å². The van der Waals surface area contributed by atoms with Gasteiger partial charge in [-0.05, 0) is 46.7 Å². The molecule has 0 aliphatic heterocycles. The Kier molecular flexibility index (Phi) is 4.37. The van der Waals surface area contributed by atoms with Crippen molar-refractivity contribution in [1.29, 1.82) is 5.26 Å². The predicted molar refractivity (Wildman–Crippen MR) is 63.2 cm³/mol. The molecule has 78 valence electrons. The molecular formula is C10H9IN2O2. The minimum atomic E-state index is -1.21. The zero-order valence-corrected chi connectivity index (χ0v) is 10.0. The number of nitriles is 1. The molecule has 0 aliphatic carbocycles. The van der Waals surface area contributed by atoms with E-state index in [0.29, 0.717) is 6.42 Å². The van der Waals surface area contributed by atoms with Crippen molar-refractivity contribution in [3.05, 3.63) is 33.4 Å². The van der Waals surface area contributed by atoms with Crippen LogP contribution >= 0.6 is 22.6 Å². The fraction of sp³-hybridized carbons (Fsp3) is 0.200. The van der Waals surface area contributed by atoms with Crippen molar-refractivity contribution in [3.8, 4) is 6.19 Å². The Morgan fingerprint density at radius 3 is 2.53 bits per heavy atom. The van der Waals surface area contributed by atoms with Crippen molar-refractivity contribution >= 4 is 28.7 Å². The van der Waals surface area contributed by atoms with E-state index in [2.05, 4.69) is 22.6 Å². The van der Waals surface area contributed by atoms with Gasteiger partial charge in [-0.2, -0.15) is 5.26 Å². The van der Waals surface area contributed by atoms with Crippen molar-refractivity contribution in [3.63, 3.8) is 0 Å². The fourth-order valence-corrected chi connectivity index (χ4v) is 1.44. The molecule has 1 rings (SSSR count). The van der Waals surface area contributed by atoms with Crippen molar-refractivity contribution in [2.45, 2.75) is 6.42 Å². The molecule has 0 saturated carbocycles. The molecule has 0 unspecified atom stereocenters. The van der Waals surface area contributed by atoms with E-state index in [1.165, 1.54) is 0 Å². The first-order valence-corrected chi connectivity index (χ1v) is 5.36. The number of amides is 1. The molecule has 0 heterocycles. The van der Waals surface area contributed by atoms with Crippen LogP contribution in [-0.4, -0.2) is 22.6 Å². The van der Waals surface area contributed by atoms with Crippen LogP contribution in [0.1, 0.15) is 5.56 Å². The van der Waals surface area contributed by atoms with E-state index in [1.807, 2.05) is 24.3 Å². The van der Waals surface area contributed by atoms with Crippen LogP contribution in [0.2, 0.25) is 0 Å². The molecule has 0 bridgehead atoms. The Hall–Kier alpha value is -1.29. The molecule has 15 heavy (non-hydrogen) atoms. The first kappa shape index (κ1) is 11.8. The lowest BCUT2D eigenvalue weighted by atomic mass is 10.1. The molecule has 1 aromatic carbocycles. The summed E-state index contributed by atoms with van der Waals surface area (Å²) in [5.74, 6) is 0. The summed E-state index contributed by atoms with van der Waals surface area (Å²) in [7, 11) is 0. The van der Waals surface area contributed by atoms with E-state index >= 15 is 0 Å². The van der Waals surface area contributed by atoms with E-state index in [9.17, 15) is 4.79 Å². The molecule has 1 amide bonds. The second-order valence-electron chi connectivity index (χ2n) is 2.91. The maximum Gasteiger partial charge on any atom is 0.420 e. The topological polar surface area (TPSA) is 64.3 Å². The maximum absolute atomic E-state index is 10.5. The van der Waals surface area contributed by atoms with Gasteiger partial charge in [0.1, 0.15) is 0 Å². The molecular weight excluding hydrogens is 307 g/mol. The maximum atomic E-state index is 10.5. The van der Waals surface area contributed by atoms with Crippen molar-refractivity contribution in [2.75, 3.05) is 6.54 Å². The molecule has 0 aliphatic rings. The smallest absolute Gasteiger partial charge is 0.420 e. The number of carboxylic acid groups (broad SMARTS) is 1. The van der Waals surface area contributed by atoms with Crippen LogP contribution in [0.3, 0.4) is 0 Å². The highest BCUT2D eigenvalue weighted by molar-refractivity contribution is 14.1. The summed E-state index contributed by atoms with van der Waals surface area (Å²) in [6.45, 7) is 0.201. The number of carbonyl (C=O) groups is 1. The SMILES string of the molecule is N#CN(CCc1ccc(I)cc1)C(=O)O. The fourth-order valence-electron chi connectivity index (χ4n) is 1.08. The van der Waals surface area contributed by atoms with Crippen LogP contribution < -0.4 is 0 Å². The van der Waals surface area contributed by atoms with Crippen LogP contribution in [0, 0.1) is 15.0 Å². The largest absolute Gasteiger partial charge is 0.464 e. The van der Waals surface area contributed by atoms with Crippen LogP contribution in [0.5, 0.6) is 0 Å². The quantitative estimate of drug-likeness (QED) is 0.529. The van der Waals surface area contributed by atoms with Crippen LogP contribution in [-0.2, 0) is 6.42 Å². The Balaban J connectivity index is 2.54. The number of benzene rings is 1. The van der Waals surface area contributed by atoms with E-state index < -0.39 is 6.09 Å². The lowest BCUT2D eigenvalue weighted by Crippen LogP contribution is -2.26. The number of halogens is 1. The molecule has 0 spiro atoms. The number of nitrogens with zero attached hydrogens (tertiary/aromatic N) is 2. The number of rotatable bonds is 3. The second kappa shape index (κ2) is 5.56. The summed E-state index contributed by atoms with van der Waals surface area (Å²) in [5, 5.41) is 17.1. The molecule has 4 nitrogen and oxygen atoms in total. The third kappa shape index (κ3) is 3.75. The van der Waals surface area contributed by atoms with Gasteiger partial charge in [0.05, 0.1) is 0 Å². The second-order valence-corrected chi connectivity index (χ2v) is 4.16. The van der Waals surface area contributed by atoms with Crippen LogP contribution in [0.25, 0.3) is 0 Å². The summed E-state index contributed by atoms with van der Waals surface area (Å²) < 4.78 is 1.13. The Morgan fingerprint density at radius 2 is 2.07 bits per heavy atom. The monoisotopic (exact) mass is 316 g/mol. The normalized spacial score (nSPS) is 9.33. The Labute approximate surface area is 101 Å². The molecule has 0 atom stereocenters. The molecule has 0 fully saturated rings. The summed E-state index contributed by atoms with van der Waals surface area (Å²) in [6, 6.07) is 7.76. The van der Waals surface area contributed by atoms with Gasteiger partial charge in [0.2, 0.25) is 0 Å². The summed E-state index contributed by atoms with van der Waals surface area (Å²) >= 11 is 2.20. The standard InChI is InChI=1S/C10H9IN2O2/c11-9-3-1-8(2-4-9)5-6-13(7-12)10(14)15/h1-4H,5-6H2,(H,14,15). The third-order valence-corrected chi connectivity index (χ3v) is 2.61. The summed E-state index contributed by atoms with van der Waals surface area (Å²) in [5.41, 5.74) is 1.02. The van der Waals surface area contributed by atoms with Crippen molar-refractivity contribution < 1.29 is 9.90 Å². The molecule has 0 aromatic heterocycles. The van der Waals surface area contributed by atoms with E-state index in [4.69, 9.17) is 10.4 Å². The first-order chi connectivity index (χ1) is 7.13. The van der Waals surface area contributed by atoms with Crippen LogP contribution in [0.15, 0.2) is 24.3 Å². The minimum Gasteiger partial charge on any atom is -0.464 e. The Morgan fingerprint density at radius 1 is 1.47 bits per heavy atom. The summed E-state index contributed by atoms with van der Waals surface area (Å²) in [4.78, 5) is 11.2. The highest BCUT2D eigenvalue weighted by Gasteiger charge is 2.09. The lowest BCUT2D eigenvalue weighted by Gasteiger charge is -2.08. The molecule has 0 saturated heterocycles. The molecule has 1 N–H and O–H groups in total. The van der Waals surface area contributed by atoms with Gasteiger partial charge < -0.3 is 5.11 Å². The zero-order chi connectivity index (χ0) is 11.3. The third-order valence-electron chi connectivity index (χ3n) is 1.89. The van der Waals surface area contributed by atoms with E-state index in [0.717, 1.165) is 14.0 Å². The molecule has 5 heteroatoms. The molecule has 0 radical (unpaired) electrons. The van der Waals surface area contributed by atoms with Gasteiger partial charge in [-0.1, -0.05) is 12.1 Å². The lowest BCUT2D eigenvalue weighted by molar-refractivity contribution is 0.166. The number of hydrogen-bond donors (Lipinski definition) is 1. The highest BCUT2D eigenvalue weighted by Crippen LogP contribution is 2.07. The van der Waals surface area contributed by atoms with Crippen LogP contribution in [0.4, 0.5) is 4.79 Å². The van der Waals surface area contributed by atoms with Gasteiger partial charge in [-0.3, -0.25) is 0 Å². The Bertz CT molecular complexity index is 383. The minimum absolute atomic E-state index is 0.201. The van der Waals surface area contributed by atoms with Gasteiger partial charge in [0, 0.05) is 10.1 Å². The zero-order valence-electron chi connectivity index (χ0n) is 7.85. The predicted octanol–water partition coefficient (Wildman–Crippen LogP) is 2.29. The highest BCUT2D eigenvalue weighted by atomic mass is 127. The van der Waals surface area contributed by atoms with Gasteiger partial charge >= 0.3 is 6.09 Å². The van der Waals surface area contributed by atoms with E-state index in [-0.39, 0.29) is 6.54 Å². The first-order valence-electron chi connectivity index (χ1n) is 4.28. The van der Waals surface area contributed by atoms with Gasteiger partial charge in [0.15, 0.2) is 6.19 Å². The molecule has 1 aromatic rings. The average Bonchev–Trinajstić information content (AvgIpc) is 2.21. The van der Waals surface area contributed by atoms with Gasteiger partial charge in [-0.25, -0.2) is 9.69 Å².